The predicted molar refractivity (Wildman–Crippen MR) is 66.6 cm³/mol. The summed E-state index contributed by atoms with van der Waals surface area (Å²) >= 11 is 0. The lowest BCUT2D eigenvalue weighted by Crippen LogP contribution is -1.98. The summed E-state index contributed by atoms with van der Waals surface area (Å²) in [4.78, 5) is 4.23. The molecule has 0 aliphatic heterocycles. The van der Waals surface area contributed by atoms with Crippen LogP contribution in [0.5, 0.6) is 0 Å². The molecule has 1 aromatic heterocycles. The molecule has 0 aliphatic rings. The van der Waals surface area contributed by atoms with E-state index in [1.807, 2.05) is 24.3 Å². The number of hydrogen-bond acceptors (Lipinski definition) is 4. The molecule has 0 fully saturated rings. The molecule has 3 N–H and O–H groups in total. The van der Waals surface area contributed by atoms with Crippen LogP contribution in [0.15, 0.2) is 42.6 Å². The van der Waals surface area contributed by atoms with Crippen LogP contribution in [-0.2, 0) is 6.54 Å². The van der Waals surface area contributed by atoms with E-state index in [2.05, 4.69) is 16.4 Å². The number of nitrogens with zero attached hydrogens (tertiary/aromatic N) is 2. The Balaban J connectivity index is 2.16. The number of nitriles is 1. The molecule has 0 radical (unpaired) electrons. The van der Waals surface area contributed by atoms with Gasteiger partial charge in [0.25, 0.3) is 0 Å². The van der Waals surface area contributed by atoms with E-state index in [9.17, 15) is 0 Å². The first-order chi connectivity index (χ1) is 8.31. The number of pyridine rings is 1. The van der Waals surface area contributed by atoms with Gasteiger partial charge in [-0.3, -0.25) is 0 Å². The highest BCUT2D eigenvalue weighted by molar-refractivity contribution is 5.58. The molecule has 0 saturated carbocycles. The van der Waals surface area contributed by atoms with Gasteiger partial charge in [-0.05, 0) is 29.8 Å². The maximum absolute atomic E-state index is 8.79. The predicted octanol–water partition coefficient (Wildman–Crippen LogP) is 2.16. The second-order valence-electron chi connectivity index (χ2n) is 3.57. The summed E-state index contributed by atoms with van der Waals surface area (Å²) in [6, 6.07) is 13.1. The van der Waals surface area contributed by atoms with Gasteiger partial charge in [0.05, 0.1) is 11.6 Å². The van der Waals surface area contributed by atoms with Crippen LogP contribution in [0, 0.1) is 11.3 Å². The van der Waals surface area contributed by atoms with Gasteiger partial charge >= 0.3 is 0 Å². The first-order valence-corrected chi connectivity index (χ1v) is 5.24. The van der Waals surface area contributed by atoms with Crippen molar-refractivity contribution in [2.24, 2.45) is 5.73 Å². The van der Waals surface area contributed by atoms with Crippen LogP contribution in [0.4, 0.5) is 11.5 Å². The molecule has 0 unspecified atom stereocenters. The number of rotatable bonds is 3. The average Bonchev–Trinajstić information content (AvgIpc) is 2.40. The Hall–Kier alpha value is -2.38. The zero-order valence-corrected chi connectivity index (χ0v) is 9.22. The first-order valence-electron chi connectivity index (χ1n) is 5.24. The Labute approximate surface area is 99.7 Å². The van der Waals surface area contributed by atoms with E-state index in [1.165, 1.54) is 0 Å². The number of nitrogens with two attached hydrogens (primary N) is 1. The smallest absolute Gasteiger partial charge is 0.130 e. The minimum absolute atomic E-state index is 0.483. The summed E-state index contributed by atoms with van der Waals surface area (Å²) in [5, 5.41) is 11.9. The van der Waals surface area contributed by atoms with Gasteiger partial charge in [-0.15, -0.1) is 0 Å². The third-order valence-corrected chi connectivity index (χ3v) is 2.32. The average molecular weight is 224 g/mol. The van der Waals surface area contributed by atoms with Crippen molar-refractivity contribution in [3.8, 4) is 6.07 Å². The number of benzene rings is 1. The Bertz CT molecular complexity index is 540. The Morgan fingerprint density at radius 2 is 2.18 bits per heavy atom. The largest absolute Gasteiger partial charge is 0.340 e. The zero-order valence-electron chi connectivity index (χ0n) is 9.22. The van der Waals surface area contributed by atoms with Crippen molar-refractivity contribution >= 4 is 11.5 Å². The van der Waals surface area contributed by atoms with Crippen LogP contribution in [0.2, 0.25) is 0 Å². The molecule has 4 nitrogen and oxygen atoms in total. The molecular weight excluding hydrogens is 212 g/mol. The molecule has 0 atom stereocenters. The fourth-order valence-corrected chi connectivity index (χ4v) is 1.43. The second kappa shape index (κ2) is 5.10. The van der Waals surface area contributed by atoms with E-state index >= 15 is 0 Å². The van der Waals surface area contributed by atoms with E-state index in [4.69, 9.17) is 11.0 Å². The van der Waals surface area contributed by atoms with Gasteiger partial charge in [0.1, 0.15) is 5.82 Å². The normalized spacial score (nSPS) is 9.65. The third kappa shape index (κ3) is 2.80. The highest BCUT2D eigenvalue weighted by Gasteiger charge is 1.97. The monoisotopic (exact) mass is 224 g/mol. The Morgan fingerprint density at radius 3 is 2.82 bits per heavy atom. The van der Waals surface area contributed by atoms with Crippen LogP contribution in [-0.4, -0.2) is 4.98 Å². The van der Waals surface area contributed by atoms with E-state index in [0.29, 0.717) is 12.1 Å². The summed E-state index contributed by atoms with van der Waals surface area (Å²) in [7, 11) is 0. The molecule has 0 spiro atoms. The van der Waals surface area contributed by atoms with Gasteiger partial charge in [0.15, 0.2) is 0 Å². The van der Waals surface area contributed by atoms with Crippen LogP contribution < -0.4 is 11.1 Å². The maximum Gasteiger partial charge on any atom is 0.130 e. The molecule has 4 heteroatoms. The molecule has 2 aromatic rings. The molecule has 17 heavy (non-hydrogen) atoms. The molecular formula is C13H12N4. The highest BCUT2D eigenvalue weighted by Crippen LogP contribution is 2.15. The quantitative estimate of drug-likeness (QED) is 0.837. The van der Waals surface area contributed by atoms with E-state index < -0.39 is 0 Å². The van der Waals surface area contributed by atoms with Gasteiger partial charge in [-0.1, -0.05) is 12.1 Å². The summed E-state index contributed by atoms with van der Waals surface area (Å²) in [5.41, 5.74) is 7.94. The lowest BCUT2D eigenvalue weighted by molar-refractivity contribution is 1.05. The van der Waals surface area contributed by atoms with Crippen LogP contribution >= 0.6 is 0 Å². The summed E-state index contributed by atoms with van der Waals surface area (Å²) in [6.07, 6.45) is 1.73. The Morgan fingerprint density at radius 1 is 1.29 bits per heavy atom. The van der Waals surface area contributed by atoms with Gasteiger partial charge in [-0.25, -0.2) is 4.98 Å². The third-order valence-electron chi connectivity index (χ3n) is 2.32. The fraction of sp³-hybridized carbons (Fsp3) is 0.0769. The lowest BCUT2D eigenvalue weighted by Gasteiger charge is -2.06. The van der Waals surface area contributed by atoms with E-state index in [0.717, 1.165) is 17.1 Å². The van der Waals surface area contributed by atoms with Crippen molar-refractivity contribution in [1.29, 1.82) is 5.26 Å². The fourth-order valence-electron chi connectivity index (χ4n) is 1.43. The molecule has 84 valence electrons. The number of anilines is 2. The van der Waals surface area contributed by atoms with Crippen LogP contribution in [0.3, 0.4) is 0 Å². The topological polar surface area (TPSA) is 74.7 Å². The zero-order chi connectivity index (χ0) is 12.1. The highest BCUT2D eigenvalue weighted by atomic mass is 15.0. The van der Waals surface area contributed by atoms with Crippen molar-refractivity contribution in [3.05, 3.63) is 53.7 Å². The number of hydrogen-bond donors (Lipinski definition) is 2. The van der Waals surface area contributed by atoms with Crippen LogP contribution in [0.1, 0.15) is 11.1 Å². The maximum atomic E-state index is 8.79. The Kier molecular flexibility index (Phi) is 3.34. The lowest BCUT2D eigenvalue weighted by atomic mass is 10.2. The summed E-state index contributed by atoms with van der Waals surface area (Å²) in [6.45, 7) is 0.483. The van der Waals surface area contributed by atoms with Crippen molar-refractivity contribution in [2.45, 2.75) is 6.54 Å². The molecule has 0 saturated heterocycles. The second-order valence-corrected chi connectivity index (χ2v) is 3.57. The van der Waals surface area contributed by atoms with Gasteiger partial charge in [0, 0.05) is 18.4 Å². The molecule has 2 rings (SSSR count). The van der Waals surface area contributed by atoms with E-state index in [-0.39, 0.29) is 0 Å². The molecule has 1 aromatic carbocycles. The minimum Gasteiger partial charge on any atom is -0.340 e. The van der Waals surface area contributed by atoms with Gasteiger partial charge < -0.3 is 11.1 Å². The first kappa shape index (κ1) is 11.1. The van der Waals surface area contributed by atoms with Crippen molar-refractivity contribution in [3.63, 3.8) is 0 Å². The molecule has 0 amide bonds. The molecule has 0 bridgehead atoms. The molecule has 0 aliphatic carbocycles. The number of aromatic nitrogens is 1. The SMILES string of the molecule is N#Cc1cccc(Nc2ccc(CN)cn2)c1. The van der Waals surface area contributed by atoms with E-state index in [1.54, 1.807) is 18.3 Å². The van der Waals surface area contributed by atoms with Gasteiger partial charge in [0.2, 0.25) is 0 Å². The van der Waals surface area contributed by atoms with Crippen molar-refractivity contribution < 1.29 is 0 Å². The molecule has 1 heterocycles. The summed E-state index contributed by atoms with van der Waals surface area (Å²) in [5.74, 6) is 0.734. The van der Waals surface area contributed by atoms with Gasteiger partial charge in [-0.2, -0.15) is 5.26 Å². The number of nitrogens with one attached hydrogen (secondary N) is 1. The summed E-state index contributed by atoms with van der Waals surface area (Å²) < 4.78 is 0. The minimum atomic E-state index is 0.483. The van der Waals surface area contributed by atoms with Crippen molar-refractivity contribution in [2.75, 3.05) is 5.32 Å². The van der Waals surface area contributed by atoms with Crippen molar-refractivity contribution in [1.82, 2.24) is 4.98 Å². The standard InChI is InChI=1S/C13H12N4/c14-7-10-2-1-3-12(6-10)17-13-5-4-11(8-15)9-16-13/h1-6,9H,8,15H2,(H,16,17). The van der Waals surface area contributed by atoms with Crippen LogP contribution in [0.25, 0.3) is 0 Å².